The Labute approximate surface area is 119 Å². The van der Waals surface area contributed by atoms with Crippen molar-refractivity contribution in [3.63, 3.8) is 0 Å². The van der Waals surface area contributed by atoms with E-state index in [-0.39, 0.29) is 6.04 Å². The second kappa shape index (κ2) is 5.79. The Morgan fingerprint density at radius 2 is 2.21 bits per heavy atom. The molecule has 1 N–H and O–H groups in total. The lowest BCUT2D eigenvalue weighted by molar-refractivity contribution is 0.379. The van der Waals surface area contributed by atoms with Crippen LogP contribution in [0.25, 0.3) is 0 Å². The summed E-state index contributed by atoms with van der Waals surface area (Å²) in [6.45, 7) is 3.01. The fraction of sp³-hybridized carbons (Fsp3) is 0.538. The largest absolute Gasteiger partial charge is 0.318 e. The lowest BCUT2D eigenvalue weighted by Gasteiger charge is -2.24. The Hall–Kier alpha value is -0.620. The van der Waals surface area contributed by atoms with Crippen LogP contribution >= 0.6 is 11.6 Å². The van der Waals surface area contributed by atoms with Crippen LogP contribution in [-0.4, -0.2) is 38.9 Å². The number of nitrogens with zero attached hydrogens (tertiary/aromatic N) is 1. The SMILES string of the molecule is CNCC1CCCN1S(=O)(=O)c1cccc(Cl)c1C. The summed E-state index contributed by atoms with van der Waals surface area (Å²) in [6, 6.07) is 5.06. The van der Waals surface area contributed by atoms with Crippen molar-refractivity contribution in [1.82, 2.24) is 9.62 Å². The molecule has 106 valence electrons. The molecule has 1 aliphatic rings. The molecule has 1 aromatic rings. The monoisotopic (exact) mass is 302 g/mol. The molecule has 0 bridgehead atoms. The van der Waals surface area contributed by atoms with Crippen molar-refractivity contribution >= 4 is 21.6 Å². The number of halogens is 1. The third-order valence-electron chi connectivity index (χ3n) is 3.57. The van der Waals surface area contributed by atoms with Gasteiger partial charge in [-0.1, -0.05) is 17.7 Å². The van der Waals surface area contributed by atoms with E-state index in [0.29, 0.717) is 28.6 Å². The predicted molar refractivity (Wildman–Crippen MR) is 77.0 cm³/mol. The molecule has 1 saturated heterocycles. The van der Waals surface area contributed by atoms with E-state index in [1.54, 1.807) is 29.4 Å². The van der Waals surface area contributed by atoms with Crippen molar-refractivity contribution in [2.75, 3.05) is 20.1 Å². The number of sulfonamides is 1. The zero-order valence-electron chi connectivity index (χ0n) is 11.2. The van der Waals surface area contributed by atoms with Crippen LogP contribution in [0, 0.1) is 6.92 Å². The van der Waals surface area contributed by atoms with Crippen LogP contribution in [0.4, 0.5) is 0 Å². The van der Waals surface area contributed by atoms with Crippen molar-refractivity contribution in [3.8, 4) is 0 Å². The highest BCUT2D eigenvalue weighted by Gasteiger charge is 2.35. The molecule has 1 heterocycles. The quantitative estimate of drug-likeness (QED) is 0.926. The van der Waals surface area contributed by atoms with Crippen molar-refractivity contribution in [1.29, 1.82) is 0 Å². The fourth-order valence-corrected chi connectivity index (χ4v) is 4.73. The van der Waals surface area contributed by atoms with Crippen LogP contribution in [0.3, 0.4) is 0 Å². The fourth-order valence-electron chi connectivity index (χ4n) is 2.56. The third kappa shape index (κ3) is 2.79. The van der Waals surface area contributed by atoms with Gasteiger partial charge in [-0.15, -0.1) is 0 Å². The normalized spacial score (nSPS) is 20.9. The van der Waals surface area contributed by atoms with Gasteiger partial charge < -0.3 is 5.32 Å². The summed E-state index contributed by atoms with van der Waals surface area (Å²) in [5.41, 5.74) is 0.624. The number of likely N-dealkylation sites (N-methyl/N-ethyl adjacent to an activating group) is 1. The van der Waals surface area contributed by atoms with E-state index in [0.717, 1.165) is 12.8 Å². The summed E-state index contributed by atoms with van der Waals surface area (Å²) in [4.78, 5) is 0.322. The number of nitrogens with one attached hydrogen (secondary N) is 1. The minimum atomic E-state index is -3.45. The smallest absolute Gasteiger partial charge is 0.243 e. The summed E-state index contributed by atoms with van der Waals surface area (Å²) in [6.07, 6.45) is 1.81. The summed E-state index contributed by atoms with van der Waals surface area (Å²) in [7, 11) is -1.61. The molecule has 1 aliphatic heterocycles. The Bertz CT molecular complexity index is 560. The van der Waals surface area contributed by atoms with E-state index >= 15 is 0 Å². The highest BCUT2D eigenvalue weighted by Crippen LogP contribution is 2.30. The summed E-state index contributed by atoms with van der Waals surface area (Å²) in [5.74, 6) is 0. The second-order valence-electron chi connectivity index (χ2n) is 4.83. The predicted octanol–water partition coefficient (Wildman–Crippen LogP) is 2.02. The Kier molecular flexibility index (Phi) is 4.50. The van der Waals surface area contributed by atoms with Crippen LogP contribution in [0.2, 0.25) is 5.02 Å². The van der Waals surface area contributed by atoms with Gasteiger partial charge in [-0.05, 0) is 44.5 Å². The van der Waals surface area contributed by atoms with Crippen molar-refractivity contribution in [2.45, 2.75) is 30.7 Å². The van der Waals surface area contributed by atoms with Gasteiger partial charge >= 0.3 is 0 Å². The summed E-state index contributed by atoms with van der Waals surface area (Å²) in [5, 5.41) is 3.55. The van der Waals surface area contributed by atoms with Crippen molar-refractivity contribution in [3.05, 3.63) is 28.8 Å². The zero-order chi connectivity index (χ0) is 14.0. The summed E-state index contributed by atoms with van der Waals surface area (Å²) < 4.78 is 27.1. The van der Waals surface area contributed by atoms with Gasteiger partial charge in [0.25, 0.3) is 0 Å². The first-order chi connectivity index (χ1) is 8.98. The lowest BCUT2D eigenvalue weighted by atomic mass is 10.2. The molecule has 0 spiro atoms. The maximum atomic E-state index is 12.7. The minimum absolute atomic E-state index is 0.0355. The molecule has 0 amide bonds. The van der Waals surface area contributed by atoms with Gasteiger partial charge in [-0.3, -0.25) is 0 Å². The highest BCUT2D eigenvalue weighted by molar-refractivity contribution is 7.89. The molecular formula is C13H19ClN2O2S. The average molecular weight is 303 g/mol. The first-order valence-electron chi connectivity index (χ1n) is 6.40. The van der Waals surface area contributed by atoms with Gasteiger partial charge in [0.05, 0.1) is 4.90 Å². The standard InChI is InChI=1S/C13H19ClN2O2S/c1-10-12(14)6-3-7-13(10)19(17,18)16-8-4-5-11(16)9-15-2/h3,6-7,11,15H,4-5,8-9H2,1-2H3. The maximum absolute atomic E-state index is 12.7. The molecule has 0 aliphatic carbocycles. The molecule has 0 saturated carbocycles. The van der Waals surface area contributed by atoms with E-state index in [2.05, 4.69) is 5.32 Å². The first-order valence-corrected chi connectivity index (χ1v) is 8.22. The minimum Gasteiger partial charge on any atom is -0.318 e. The highest BCUT2D eigenvalue weighted by atomic mass is 35.5. The van der Waals surface area contributed by atoms with Crippen LogP contribution in [-0.2, 0) is 10.0 Å². The van der Waals surface area contributed by atoms with Gasteiger partial charge in [0, 0.05) is 24.2 Å². The van der Waals surface area contributed by atoms with Gasteiger partial charge in [-0.2, -0.15) is 4.31 Å². The van der Waals surface area contributed by atoms with E-state index in [4.69, 9.17) is 11.6 Å². The van der Waals surface area contributed by atoms with Crippen molar-refractivity contribution < 1.29 is 8.42 Å². The van der Waals surface area contributed by atoms with Gasteiger partial charge in [0.2, 0.25) is 10.0 Å². The molecule has 0 radical (unpaired) electrons. The Morgan fingerprint density at radius 1 is 1.47 bits per heavy atom. The summed E-state index contributed by atoms with van der Waals surface area (Å²) >= 11 is 6.03. The molecule has 19 heavy (non-hydrogen) atoms. The zero-order valence-corrected chi connectivity index (χ0v) is 12.8. The molecule has 1 aromatic carbocycles. The van der Waals surface area contributed by atoms with E-state index in [9.17, 15) is 8.42 Å². The topological polar surface area (TPSA) is 49.4 Å². The van der Waals surface area contributed by atoms with Gasteiger partial charge in [0.1, 0.15) is 0 Å². The van der Waals surface area contributed by atoms with Crippen LogP contribution < -0.4 is 5.32 Å². The van der Waals surface area contributed by atoms with Crippen LogP contribution in [0.15, 0.2) is 23.1 Å². The molecule has 1 atom stereocenters. The molecule has 6 heteroatoms. The molecule has 4 nitrogen and oxygen atoms in total. The molecule has 2 rings (SSSR count). The third-order valence-corrected chi connectivity index (χ3v) is 6.07. The van der Waals surface area contributed by atoms with E-state index < -0.39 is 10.0 Å². The molecular weight excluding hydrogens is 284 g/mol. The number of hydrogen-bond donors (Lipinski definition) is 1. The Balaban J connectivity index is 2.39. The van der Waals surface area contributed by atoms with Crippen LogP contribution in [0.1, 0.15) is 18.4 Å². The van der Waals surface area contributed by atoms with E-state index in [1.807, 2.05) is 7.05 Å². The second-order valence-corrected chi connectivity index (χ2v) is 7.10. The average Bonchev–Trinajstić information content (AvgIpc) is 2.82. The lowest BCUT2D eigenvalue weighted by Crippen LogP contribution is -2.41. The number of rotatable bonds is 4. The number of hydrogen-bond acceptors (Lipinski definition) is 3. The van der Waals surface area contributed by atoms with Crippen LogP contribution in [0.5, 0.6) is 0 Å². The van der Waals surface area contributed by atoms with Crippen molar-refractivity contribution in [2.24, 2.45) is 0 Å². The van der Waals surface area contributed by atoms with Gasteiger partial charge in [0.15, 0.2) is 0 Å². The molecule has 0 aromatic heterocycles. The Morgan fingerprint density at radius 3 is 2.89 bits per heavy atom. The first kappa shape index (κ1) is 14.8. The molecule has 1 fully saturated rings. The number of benzene rings is 1. The molecule has 1 unspecified atom stereocenters. The maximum Gasteiger partial charge on any atom is 0.243 e. The van der Waals surface area contributed by atoms with Gasteiger partial charge in [-0.25, -0.2) is 8.42 Å². The van der Waals surface area contributed by atoms with E-state index in [1.165, 1.54) is 0 Å².